The van der Waals surface area contributed by atoms with Crippen LogP contribution in [0, 0.1) is 0 Å². The Balaban J connectivity index is 2.24. The van der Waals surface area contributed by atoms with Crippen molar-refractivity contribution in [2.45, 2.75) is 43.0 Å². The van der Waals surface area contributed by atoms with Crippen LogP contribution in [0.4, 0.5) is 5.82 Å². The van der Waals surface area contributed by atoms with Crippen molar-refractivity contribution in [1.82, 2.24) is 9.71 Å². The van der Waals surface area contributed by atoms with Gasteiger partial charge in [0.2, 0.25) is 10.0 Å². The summed E-state index contributed by atoms with van der Waals surface area (Å²) in [7, 11) is -3.52. The SMILES string of the molecule is CC1(NS(=O)(=O)c2ccnc(NN)c2)CCCC1. The second-order valence-corrected chi connectivity index (χ2v) is 6.58. The van der Waals surface area contributed by atoms with Crippen molar-refractivity contribution in [3.8, 4) is 0 Å². The number of rotatable bonds is 4. The summed E-state index contributed by atoms with van der Waals surface area (Å²) in [5.41, 5.74) is 2.00. The van der Waals surface area contributed by atoms with E-state index < -0.39 is 10.0 Å². The number of sulfonamides is 1. The van der Waals surface area contributed by atoms with Crippen molar-refractivity contribution in [2.75, 3.05) is 5.43 Å². The van der Waals surface area contributed by atoms with E-state index in [0.717, 1.165) is 25.7 Å². The van der Waals surface area contributed by atoms with Crippen molar-refractivity contribution in [2.24, 2.45) is 5.84 Å². The molecule has 6 nitrogen and oxygen atoms in total. The minimum atomic E-state index is -3.52. The first-order chi connectivity index (χ1) is 8.45. The molecule has 0 aliphatic heterocycles. The fourth-order valence-electron chi connectivity index (χ4n) is 2.30. The standard InChI is InChI=1S/C11H18N4O2S/c1-11(5-2-3-6-11)15-18(16,17)9-4-7-13-10(8-9)14-12/h4,7-8,15H,2-3,5-6,12H2,1H3,(H,13,14). The predicted octanol–water partition coefficient (Wildman–Crippen LogP) is 0.978. The summed E-state index contributed by atoms with van der Waals surface area (Å²) in [4.78, 5) is 4.07. The number of hydrogen-bond donors (Lipinski definition) is 3. The van der Waals surface area contributed by atoms with Crippen LogP contribution in [0.15, 0.2) is 23.2 Å². The van der Waals surface area contributed by atoms with Gasteiger partial charge in [-0.3, -0.25) is 0 Å². The number of anilines is 1. The van der Waals surface area contributed by atoms with E-state index in [4.69, 9.17) is 5.84 Å². The highest BCUT2D eigenvalue weighted by Crippen LogP contribution is 2.30. The third kappa shape index (κ3) is 2.80. The zero-order valence-corrected chi connectivity index (χ0v) is 11.1. The summed E-state index contributed by atoms with van der Waals surface area (Å²) in [5, 5.41) is 0. The highest BCUT2D eigenvalue weighted by atomic mass is 32.2. The molecule has 1 heterocycles. The monoisotopic (exact) mass is 270 g/mol. The Morgan fingerprint density at radius 3 is 2.67 bits per heavy atom. The number of hydrogen-bond acceptors (Lipinski definition) is 5. The summed E-state index contributed by atoms with van der Waals surface area (Å²) >= 11 is 0. The Bertz CT molecular complexity index is 524. The molecule has 0 atom stereocenters. The molecule has 4 N–H and O–H groups in total. The van der Waals surface area contributed by atoms with Gasteiger partial charge in [-0.2, -0.15) is 0 Å². The number of nitrogen functional groups attached to an aromatic ring is 1. The van der Waals surface area contributed by atoms with Gasteiger partial charge in [-0.05, 0) is 25.8 Å². The van der Waals surface area contributed by atoms with Crippen LogP contribution >= 0.6 is 0 Å². The molecule has 1 aliphatic rings. The van der Waals surface area contributed by atoms with E-state index in [1.54, 1.807) is 0 Å². The summed E-state index contributed by atoms with van der Waals surface area (Å²) in [6, 6.07) is 2.88. The molecule has 0 bridgehead atoms. The first-order valence-electron chi connectivity index (χ1n) is 5.92. The minimum Gasteiger partial charge on any atom is -0.308 e. The van der Waals surface area contributed by atoms with E-state index in [-0.39, 0.29) is 10.4 Å². The molecule has 100 valence electrons. The zero-order valence-electron chi connectivity index (χ0n) is 10.3. The summed E-state index contributed by atoms with van der Waals surface area (Å²) in [6.07, 6.45) is 5.29. The normalized spacial score (nSPS) is 18.8. The molecule has 0 saturated heterocycles. The highest BCUT2D eigenvalue weighted by molar-refractivity contribution is 7.89. The number of nitrogens with one attached hydrogen (secondary N) is 2. The Labute approximate surface area is 107 Å². The molecule has 7 heteroatoms. The third-order valence-electron chi connectivity index (χ3n) is 3.28. The van der Waals surface area contributed by atoms with Crippen LogP contribution in [-0.2, 0) is 10.0 Å². The second kappa shape index (κ2) is 4.83. The Morgan fingerprint density at radius 2 is 2.06 bits per heavy atom. The molecule has 0 radical (unpaired) electrons. The Morgan fingerprint density at radius 1 is 1.39 bits per heavy atom. The van der Waals surface area contributed by atoms with Gasteiger partial charge in [0, 0.05) is 17.8 Å². The number of nitrogens with zero attached hydrogens (tertiary/aromatic N) is 1. The van der Waals surface area contributed by atoms with E-state index in [1.165, 1.54) is 18.3 Å². The lowest BCUT2D eigenvalue weighted by Gasteiger charge is -2.24. The smallest absolute Gasteiger partial charge is 0.241 e. The molecule has 1 saturated carbocycles. The Hall–Kier alpha value is -1.18. The van der Waals surface area contributed by atoms with Gasteiger partial charge in [-0.15, -0.1) is 0 Å². The van der Waals surface area contributed by atoms with Crippen LogP contribution in [0.1, 0.15) is 32.6 Å². The first-order valence-corrected chi connectivity index (χ1v) is 7.40. The number of aromatic nitrogens is 1. The molecule has 0 aromatic carbocycles. The maximum atomic E-state index is 12.3. The van der Waals surface area contributed by atoms with Crippen LogP contribution in [0.5, 0.6) is 0 Å². The fraction of sp³-hybridized carbons (Fsp3) is 0.545. The first kappa shape index (κ1) is 13.3. The maximum absolute atomic E-state index is 12.3. The van der Waals surface area contributed by atoms with E-state index in [0.29, 0.717) is 5.82 Å². The van der Waals surface area contributed by atoms with Gasteiger partial charge in [-0.1, -0.05) is 12.8 Å². The molecule has 1 aromatic heterocycles. The van der Waals surface area contributed by atoms with E-state index >= 15 is 0 Å². The third-order valence-corrected chi connectivity index (χ3v) is 4.91. The summed E-state index contributed by atoms with van der Waals surface area (Å²) in [6.45, 7) is 1.95. The molecular formula is C11H18N4O2S. The highest BCUT2D eigenvalue weighted by Gasteiger charge is 2.33. The van der Waals surface area contributed by atoms with Crippen LogP contribution < -0.4 is 16.0 Å². The van der Waals surface area contributed by atoms with Gasteiger partial charge in [0.05, 0.1) is 4.90 Å². The molecule has 0 amide bonds. The molecule has 1 aromatic rings. The summed E-state index contributed by atoms with van der Waals surface area (Å²) < 4.78 is 27.3. The molecule has 0 spiro atoms. The van der Waals surface area contributed by atoms with Crippen molar-refractivity contribution >= 4 is 15.8 Å². The molecule has 0 unspecified atom stereocenters. The number of hydrazine groups is 1. The molecule has 1 fully saturated rings. The van der Waals surface area contributed by atoms with Crippen molar-refractivity contribution in [1.29, 1.82) is 0 Å². The molecular weight excluding hydrogens is 252 g/mol. The number of nitrogens with two attached hydrogens (primary N) is 1. The van der Waals surface area contributed by atoms with Crippen LogP contribution in [0.2, 0.25) is 0 Å². The van der Waals surface area contributed by atoms with Gasteiger partial charge in [0.1, 0.15) is 5.82 Å². The van der Waals surface area contributed by atoms with Crippen molar-refractivity contribution in [3.63, 3.8) is 0 Å². The second-order valence-electron chi connectivity index (χ2n) is 4.89. The van der Waals surface area contributed by atoms with Crippen LogP contribution in [-0.4, -0.2) is 18.9 Å². The van der Waals surface area contributed by atoms with E-state index in [9.17, 15) is 8.42 Å². The Kier molecular flexibility index (Phi) is 3.56. The van der Waals surface area contributed by atoms with Crippen LogP contribution in [0.25, 0.3) is 0 Å². The van der Waals surface area contributed by atoms with E-state index in [1.807, 2.05) is 6.92 Å². The van der Waals surface area contributed by atoms with Crippen LogP contribution in [0.3, 0.4) is 0 Å². The minimum absolute atomic E-state index is 0.179. The number of pyridine rings is 1. The average molecular weight is 270 g/mol. The topological polar surface area (TPSA) is 97.1 Å². The van der Waals surface area contributed by atoms with Gasteiger partial charge in [0.15, 0.2) is 0 Å². The quantitative estimate of drug-likeness (QED) is 0.559. The lowest BCUT2D eigenvalue weighted by Crippen LogP contribution is -2.43. The lowest BCUT2D eigenvalue weighted by molar-refractivity contribution is 0.427. The predicted molar refractivity (Wildman–Crippen MR) is 69.2 cm³/mol. The van der Waals surface area contributed by atoms with Crippen molar-refractivity contribution < 1.29 is 8.42 Å². The largest absolute Gasteiger partial charge is 0.308 e. The van der Waals surface area contributed by atoms with Gasteiger partial charge in [-0.25, -0.2) is 24.0 Å². The van der Waals surface area contributed by atoms with Gasteiger partial charge in [0.25, 0.3) is 0 Å². The zero-order chi connectivity index (χ0) is 13.2. The van der Waals surface area contributed by atoms with Gasteiger partial charge >= 0.3 is 0 Å². The molecule has 18 heavy (non-hydrogen) atoms. The fourth-order valence-corrected chi connectivity index (χ4v) is 3.78. The van der Waals surface area contributed by atoms with E-state index in [2.05, 4.69) is 15.1 Å². The molecule has 1 aliphatic carbocycles. The average Bonchev–Trinajstić information content (AvgIpc) is 2.75. The maximum Gasteiger partial charge on any atom is 0.241 e. The summed E-state index contributed by atoms with van der Waals surface area (Å²) in [5.74, 6) is 5.55. The van der Waals surface area contributed by atoms with Crippen molar-refractivity contribution in [3.05, 3.63) is 18.3 Å². The lowest BCUT2D eigenvalue weighted by atomic mass is 10.0. The molecule has 2 rings (SSSR count). The van der Waals surface area contributed by atoms with Gasteiger partial charge < -0.3 is 5.43 Å².